The summed E-state index contributed by atoms with van der Waals surface area (Å²) >= 11 is 0. The number of carbonyl (C=O) groups excluding carboxylic acids is 2. The van der Waals surface area contributed by atoms with Crippen molar-refractivity contribution in [3.8, 4) is 0 Å². The summed E-state index contributed by atoms with van der Waals surface area (Å²) in [6, 6.07) is 0. The molecule has 5 aliphatic rings. The van der Waals surface area contributed by atoms with Gasteiger partial charge in [-0.2, -0.15) is 0 Å². The summed E-state index contributed by atoms with van der Waals surface area (Å²) in [5.74, 6) is 0.767. The maximum absolute atomic E-state index is 14.4. The molecule has 0 aliphatic heterocycles. The lowest BCUT2D eigenvalue weighted by Gasteiger charge is -2.70. The van der Waals surface area contributed by atoms with Crippen molar-refractivity contribution in [3.05, 3.63) is 24.3 Å². The molecule has 5 rings (SSSR count). The SMILES string of the molecule is C=CCONC(=O)[C@@]1(C)CC[C@]2(C)CC[C@]3(C)C(=CC(=O)C4[C@@]5(C)CC[C@H](O)C(C)(C)C5CC[C@]43C)C2C1. The Labute approximate surface area is 230 Å². The maximum Gasteiger partial charge on any atom is 0.249 e. The van der Waals surface area contributed by atoms with Gasteiger partial charge in [-0.25, -0.2) is 5.48 Å². The third-order valence-electron chi connectivity index (χ3n) is 13.5. The molecule has 3 unspecified atom stereocenters. The Kier molecular flexibility index (Phi) is 6.48. The minimum atomic E-state index is -0.529. The monoisotopic (exact) mass is 525 g/mol. The van der Waals surface area contributed by atoms with E-state index in [4.69, 9.17) is 4.84 Å². The van der Waals surface area contributed by atoms with Crippen molar-refractivity contribution in [2.45, 2.75) is 112 Å². The Balaban J connectivity index is 1.54. The molecule has 0 heterocycles. The predicted octanol–water partition coefficient (Wildman–Crippen LogP) is 6.56. The van der Waals surface area contributed by atoms with E-state index in [2.05, 4.69) is 66.6 Å². The molecule has 0 bridgehead atoms. The van der Waals surface area contributed by atoms with Gasteiger partial charge in [-0.3, -0.25) is 14.4 Å². The summed E-state index contributed by atoms with van der Waals surface area (Å²) in [5.41, 5.74) is 3.08. The Bertz CT molecular complexity index is 1060. The molecule has 5 nitrogen and oxygen atoms in total. The highest BCUT2D eigenvalue weighted by molar-refractivity contribution is 5.95. The van der Waals surface area contributed by atoms with Gasteiger partial charge in [-0.1, -0.05) is 60.1 Å². The molecule has 38 heavy (non-hydrogen) atoms. The summed E-state index contributed by atoms with van der Waals surface area (Å²) in [4.78, 5) is 33.0. The molecule has 4 saturated carbocycles. The molecule has 0 saturated heterocycles. The fourth-order valence-corrected chi connectivity index (χ4v) is 10.7. The zero-order chi connectivity index (χ0) is 27.9. The van der Waals surface area contributed by atoms with Gasteiger partial charge in [0.15, 0.2) is 5.78 Å². The number of hydrogen-bond donors (Lipinski definition) is 2. The van der Waals surface area contributed by atoms with Crippen LogP contribution in [0.15, 0.2) is 24.3 Å². The maximum atomic E-state index is 14.4. The second-order valence-corrected chi connectivity index (χ2v) is 15.7. The first-order chi connectivity index (χ1) is 17.6. The number of rotatable bonds is 4. The molecule has 5 aliphatic carbocycles. The van der Waals surface area contributed by atoms with Crippen LogP contribution in [0.3, 0.4) is 0 Å². The van der Waals surface area contributed by atoms with Crippen molar-refractivity contribution >= 4 is 11.7 Å². The van der Waals surface area contributed by atoms with Crippen LogP contribution in [-0.2, 0) is 14.4 Å². The fourth-order valence-electron chi connectivity index (χ4n) is 10.7. The van der Waals surface area contributed by atoms with E-state index in [0.29, 0.717) is 11.7 Å². The lowest BCUT2D eigenvalue weighted by atomic mass is 9.33. The van der Waals surface area contributed by atoms with E-state index >= 15 is 0 Å². The lowest BCUT2D eigenvalue weighted by Crippen LogP contribution is -2.66. The number of nitrogens with one attached hydrogen (secondary N) is 1. The van der Waals surface area contributed by atoms with Crippen LogP contribution in [-0.4, -0.2) is 29.5 Å². The number of hydrogen-bond acceptors (Lipinski definition) is 4. The van der Waals surface area contributed by atoms with Crippen molar-refractivity contribution in [1.29, 1.82) is 0 Å². The highest BCUT2D eigenvalue weighted by Crippen LogP contribution is 2.75. The predicted molar refractivity (Wildman–Crippen MR) is 150 cm³/mol. The number of fused-ring (bicyclic) bond motifs is 7. The van der Waals surface area contributed by atoms with Crippen molar-refractivity contribution in [2.75, 3.05) is 6.61 Å². The Hall–Kier alpha value is -1.46. The van der Waals surface area contributed by atoms with Gasteiger partial charge in [0.25, 0.3) is 0 Å². The van der Waals surface area contributed by atoms with Crippen LogP contribution in [0, 0.1) is 50.2 Å². The van der Waals surface area contributed by atoms with Crippen LogP contribution in [0.1, 0.15) is 106 Å². The van der Waals surface area contributed by atoms with Crippen LogP contribution in [0.5, 0.6) is 0 Å². The van der Waals surface area contributed by atoms with Crippen LogP contribution in [0.4, 0.5) is 0 Å². The lowest BCUT2D eigenvalue weighted by molar-refractivity contribution is -0.202. The number of hydroxylamine groups is 1. The Morgan fingerprint density at radius 3 is 2.42 bits per heavy atom. The molecule has 0 aromatic carbocycles. The van der Waals surface area contributed by atoms with Crippen molar-refractivity contribution in [2.24, 2.45) is 50.2 Å². The van der Waals surface area contributed by atoms with Gasteiger partial charge in [0.1, 0.15) is 0 Å². The van der Waals surface area contributed by atoms with Gasteiger partial charge in [0.2, 0.25) is 5.91 Å². The normalized spacial score (nSPS) is 49.5. The number of ketones is 1. The summed E-state index contributed by atoms with van der Waals surface area (Å²) in [6.45, 7) is 20.1. The number of amides is 1. The van der Waals surface area contributed by atoms with E-state index in [0.717, 1.165) is 57.8 Å². The van der Waals surface area contributed by atoms with Gasteiger partial charge in [0, 0.05) is 11.3 Å². The topological polar surface area (TPSA) is 75.6 Å². The molecule has 9 atom stereocenters. The number of aliphatic hydroxyl groups excluding tert-OH is 1. The molecule has 1 amide bonds. The standard InChI is InChI=1S/C33H51NO4/c1-9-18-38-34-27(37)30(5)15-14-29(4)16-17-32(7)21(22(29)20-30)19-23(35)26-31(6)12-11-25(36)28(2,3)24(31)10-13-33(26,32)8/h9,19,22,24-26,36H,1,10-18,20H2,2-8H3,(H,34,37)/t22?,24?,25-,26?,29+,30-,31-,32+,33+/m0/s1. The quantitative estimate of drug-likeness (QED) is 0.248. The molecule has 0 aromatic heterocycles. The van der Waals surface area contributed by atoms with E-state index in [9.17, 15) is 14.7 Å². The summed E-state index contributed by atoms with van der Waals surface area (Å²) in [5, 5.41) is 10.9. The Morgan fingerprint density at radius 1 is 1.05 bits per heavy atom. The van der Waals surface area contributed by atoms with Crippen molar-refractivity contribution in [1.82, 2.24) is 5.48 Å². The number of carbonyl (C=O) groups is 2. The average Bonchev–Trinajstić information content (AvgIpc) is 2.84. The smallest absolute Gasteiger partial charge is 0.249 e. The highest BCUT2D eigenvalue weighted by atomic mass is 16.6. The van der Waals surface area contributed by atoms with E-state index in [1.54, 1.807) is 6.08 Å². The average molecular weight is 526 g/mol. The van der Waals surface area contributed by atoms with Crippen LogP contribution in [0.2, 0.25) is 0 Å². The second-order valence-electron chi connectivity index (χ2n) is 15.7. The zero-order valence-corrected chi connectivity index (χ0v) is 24.9. The van der Waals surface area contributed by atoms with E-state index in [1.165, 1.54) is 5.57 Å². The van der Waals surface area contributed by atoms with Crippen molar-refractivity contribution < 1.29 is 19.5 Å². The minimum Gasteiger partial charge on any atom is -0.393 e. The minimum absolute atomic E-state index is 0.0239. The molecule has 2 N–H and O–H groups in total. The first-order valence-electron chi connectivity index (χ1n) is 15.1. The largest absolute Gasteiger partial charge is 0.393 e. The third kappa shape index (κ3) is 3.62. The van der Waals surface area contributed by atoms with E-state index < -0.39 is 5.41 Å². The first kappa shape index (κ1) is 28.1. The second kappa shape index (κ2) is 8.77. The Morgan fingerprint density at radius 2 is 1.74 bits per heavy atom. The van der Waals surface area contributed by atoms with E-state index in [-0.39, 0.29) is 57.5 Å². The van der Waals surface area contributed by atoms with E-state index in [1.807, 2.05) is 0 Å². The third-order valence-corrected chi connectivity index (χ3v) is 13.5. The van der Waals surface area contributed by atoms with Crippen LogP contribution in [0.25, 0.3) is 0 Å². The summed E-state index contributed by atoms with van der Waals surface area (Å²) in [7, 11) is 0. The van der Waals surface area contributed by atoms with Gasteiger partial charge >= 0.3 is 0 Å². The molecule has 212 valence electrons. The van der Waals surface area contributed by atoms with Crippen LogP contribution >= 0.6 is 0 Å². The molecule has 5 heteroatoms. The van der Waals surface area contributed by atoms with Crippen molar-refractivity contribution in [3.63, 3.8) is 0 Å². The molecule has 0 radical (unpaired) electrons. The molecule has 4 fully saturated rings. The molecular formula is C33H51NO4. The van der Waals surface area contributed by atoms with Gasteiger partial charge in [0.05, 0.1) is 12.7 Å². The van der Waals surface area contributed by atoms with Gasteiger partial charge in [-0.15, -0.1) is 6.58 Å². The fraction of sp³-hybridized carbons (Fsp3) is 0.818. The zero-order valence-electron chi connectivity index (χ0n) is 24.9. The van der Waals surface area contributed by atoms with Gasteiger partial charge < -0.3 is 5.11 Å². The summed E-state index contributed by atoms with van der Waals surface area (Å²) < 4.78 is 0. The number of aliphatic hydroxyl groups is 1. The highest BCUT2D eigenvalue weighted by Gasteiger charge is 2.70. The summed E-state index contributed by atoms with van der Waals surface area (Å²) in [6.07, 6.45) is 12.0. The molecule has 0 aromatic rings. The number of allylic oxidation sites excluding steroid dienone is 2. The van der Waals surface area contributed by atoms with Crippen LogP contribution < -0.4 is 5.48 Å². The molecule has 0 spiro atoms. The first-order valence-corrected chi connectivity index (χ1v) is 15.1. The molecular weight excluding hydrogens is 474 g/mol. The van der Waals surface area contributed by atoms with Gasteiger partial charge in [-0.05, 0) is 103 Å².